The number of hydrogen-bond donors (Lipinski definition) is 2. The van der Waals surface area contributed by atoms with Crippen LogP contribution in [0.3, 0.4) is 0 Å². The zero-order chi connectivity index (χ0) is 9.14. The summed E-state index contributed by atoms with van der Waals surface area (Å²) >= 11 is 0. The Hall–Kier alpha value is -1.92. The van der Waals surface area contributed by atoms with Crippen molar-refractivity contribution in [1.82, 2.24) is 14.8 Å². The standard InChI is InChI=1S/C5H6N4O3/c1-9-5(6-2-7-9)8-3(10)4(11)12/h2H,1H3,(H,11,12)(H,6,7,8,10). The Morgan fingerprint density at radius 2 is 2.33 bits per heavy atom. The van der Waals surface area contributed by atoms with E-state index in [-0.39, 0.29) is 5.95 Å². The molecule has 1 amide bonds. The van der Waals surface area contributed by atoms with E-state index in [9.17, 15) is 9.59 Å². The van der Waals surface area contributed by atoms with Gasteiger partial charge in [-0.05, 0) is 0 Å². The van der Waals surface area contributed by atoms with Crippen LogP contribution in [0.15, 0.2) is 6.33 Å². The minimum Gasteiger partial charge on any atom is -0.474 e. The normalized spacial score (nSPS) is 9.42. The number of hydrogen-bond acceptors (Lipinski definition) is 4. The second-order valence-electron chi connectivity index (χ2n) is 1.97. The van der Waals surface area contributed by atoms with Crippen molar-refractivity contribution in [2.24, 2.45) is 7.05 Å². The first-order valence-corrected chi connectivity index (χ1v) is 2.99. The summed E-state index contributed by atoms with van der Waals surface area (Å²) in [5, 5.41) is 13.9. The first kappa shape index (κ1) is 8.18. The van der Waals surface area contributed by atoms with E-state index in [4.69, 9.17) is 5.11 Å². The van der Waals surface area contributed by atoms with E-state index in [0.29, 0.717) is 0 Å². The largest absolute Gasteiger partial charge is 0.474 e. The Labute approximate surface area is 67.0 Å². The van der Waals surface area contributed by atoms with Crippen LogP contribution in [0.4, 0.5) is 5.95 Å². The number of amides is 1. The lowest BCUT2D eigenvalue weighted by Gasteiger charge is -1.98. The monoisotopic (exact) mass is 170 g/mol. The van der Waals surface area contributed by atoms with Crippen LogP contribution in [0.5, 0.6) is 0 Å². The first-order chi connectivity index (χ1) is 5.61. The van der Waals surface area contributed by atoms with Gasteiger partial charge in [-0.1, -0.05) is 0 Å². The molecule has 0 radical (unpaired) electrons. The maximum atomic E-state index is 10.6. The van der Waals surface area contributed by atoms with Gasteiger partial charge in [0.05, 0.1) is 0 Å². The lowest BCUT2D eigenvalue weighted by molar-refractivity contribution is -0.147. The molecule has 1 heterocycles. The molecular weight excluding hydrogens is 164 g/mol. The number of carbonyl (C=O) groups is 2. The smallest absolute Gasteiger partial charge is 0.394 e. The van der Waals surface area contributed by atoms with Gasteiger partial charge < -0.3 is 5.11 Å². The van der Waals surface area contributed by atoms with Crippen molar-refractivity contribution in [3.8, 4) is 0 Å². The fourth-order valence-corrected chi connectivity index (χ4v) is 0.564. The quantitative estimate of drug-likeness (QED) is 0.518. The van der Waals surface area contributed by atoms with Gasteiger partial charge in [-0.25, -0.2) is 9.48 Å². The molecule has 0 atom stereocenters. The van der Waals surface area contributed by atoms with E-state index in [1.165, 1.54) is 18.1 Å². The third-order valence-corrected chi connectivity index (χ3v) is 1.13. The van der Waals surface area contributed by atoms with Gasteiger partial charge in [-0.15, -0.1) is 0 Å². The Kier molecular flexibility index (Phi) is 2.04. The highest BCUT2D eigenvalue weighted by atomic mass is 16.4. The SMILES string of the molecule is Cn1ncnc1NC(=O)C(=O)O. The summed E-state index contributed by atoms with van der Waals surface area (Å²) in [7, 11) is 1.53. The molecule has 0 fully saturated rings. The molecule has 7 heteroatoms. The van der Waals surface area contributed by atoms with Gasteiger partial charge in [0.15, 0.2) is 0 Å². The molecule has 0 aliphatic carbocycles. The van der Waals surface area contributed by atoms with Crippen LogP contribution >= 0.6 is 0 Å². The molecule has 1 rings (SSSR count). The fraction of sp³-hybridized carbons (Fsp3) is 0.200. The van der Waals surface area contributed by atoms with Crippen LogP contribution < -0.4 is 5.32 Å². The predicted octanol–water partition coefficient (Wildman–Crippen LogP) is -1.16. The number of carboxylic acids is 1. The number of rotatable bonds is 1. The second kappa shape index (κ2) is 2.99. The topological polar surface area (TPSA) is 97.1 Å². The summed E-state index contributed by atoms with van der Waals surface area (Å²) in [4.78, 5) is 24.2. The maximum absolute atomic E-state index is 10.6. The number of aromatic nitrogens is 3. The molecule has 2 N–H and O–H groups in total. The van der Waals surface area contributed by atoms with Crippen LogP contribution in [0, 0.1) is 0 Å². The van der Waals surface area contributed by atoms with Gasteiger partial charge >= 0.3 is 11.9 Å². The van der Waals surface area contributed by atoms with Crippen LogP contribution in [-0.4, -0.2) is 31.7 Å². The van der Waals surface area contributed by atoms with E-state index in [0.717, 1.165) is 0 Å². The molecular formula is C5H6N4O3. The number of anilines is 1. The minimum atomic E-state index is -1.56. The minimum absolute atomic E-state index is 0.0994. The van der Waals surface area contributed by atoms with Crippen molar-refractivity contribution in [3.63, 3.8) is 0 Å². The molecule has 64 valence electrons. The molecule has 0 aliphatic rings. The summed E-state index contributed by atoms with van der Waals surface area (Å²) in [6, 6.07) is 0. The molecule has 1 aromatic rings. The third-order valence-electron chi connectivity index (χ3n) is 1.13. The van der Waals surface area contributed by atoms with E-state index >= 15 is 0 Å². The molecule has 0 saturated carbocycles. The number of nitrogens with zero attached hydrogens (tertiary/aromatic N) is 3. The molecule has 12 heavy (non-hydrogen) atoms. The van der Waals surface area contributed by atoms with Crippen LogP contribution in [-0.2, 0) is 16.6 Å². The van der Waals surface area contributed by atoms with Crippen LogP contribution in [0.25, 0.3) is 0 Å². The fourth-order valence-electron chi connectivity index (χ4n) is 0.564. The Bertz CT molecular complexity index is 318. The van der Waals surface area contributed by atoms with E-state index in [1.807, 2.05) is 5.32 Å². The average molecular weight is 170 g/mol. The van der Waals surface area contributed by atoms with Gasteiger partial charge in [-0.3, -0.25) is 10.1 Å². The molecule has 0 bridgehead atoms. The molecule has 0 unspecified atom stereocenters. The van der Waals surface area contributed by atoms with Crippen molar-refractivity contribution in [2.75, 3.05) is 5.32 Å². The summed E-state index contributed by atoms with van der Waals surface area (Å²) in [5.74, 6) is -2.59. The van der Waals surface area contributed by atoms with Gasteiger partial charge in [-0.2, -0.15) is 10.1 Å². The number of carboxylic acid groups (broad SMARTS) is 1. The number of aryl methyl sites for hydroxylation is 1. The highest BCUT2D eigenvalue weighted by Gasteiger charge is 2.13. The highest BCUT2D eigenvalue weighted by molar-refractivity contribution is 6.36. The Balaban J connectivity index is 2.71. The molecule has 7 nitrogen and oxygen atoms in total. The predicted molar refractivity (Wildman–Crippen MR) is 37.3 cm³/mol. The zero-order valence-corrected chi connectivity index (χ0v) is 6.18. The average Bonchev–Trinajstić information content (AvgIpc) is 2.36. The molecule has 0 aliphatic heterocycles. The third kappa shape index (κ3) is 1.57. The highest BCUT2D eigenvalue weighted by Crippen LogP contribution is 1.96. The van der Waals surface area contributed by atoms with Crippen LogP contribution in [0.2, 0.25) is 0 Å². The number of nitrogens with one attached hydrogen (secondary N) is 1. The van der Waals surface area contributed by atoms with E-state index < -0.39 is 11.9 Å². The van der Waals surface area contributed by atoms with Crippen molar-refractivity contribution in [1.29, 1.82) is 0 Å². The molecule has 0 aromatic carbocycles. The van der Waals surface area contributed by atoms with Gasteiger partial charge in [0.25, 0.3) is 0 Å². The summed E-state index contributed by atoms with van der Waals surface area (Å²) < 4.78 is 1.25. The molecule has 0 saturated heterocycles. The van der Waals surface area contributed by atoms with Gasteiger partial charge in [0.2, 0.25) is 5.95 Å². The van der Waals surface area contributed by atoms with E-state index in [2.05, 4.69) is 10.1 Å². The van der Waals surface area contributed by atoms with Gasteiger partial charge in [0.1, 0.15) is 6.33 Å². The van der Waals surface area contributed by atoms with Crippen molar-refractivity contribution < 1.29 is 14.7 Å². The van der Waals surface area contributed by atoms with E-state index in [1.54, 1.807) is 0 Å². The maximum Gasteiger partial charge on any atom is 0.394 e. The van der Waals surface area contributed by atoms with Crippen LogP contribution in [0.1, 0.15) is 0 Å². The summed E-state index contributed by atoms with van der Waals surface area (Å²) in [6.45, 7) is 0. The van der Waals surface area contributed by atoms with Crippen molar-refractivity contribution in [3.05, 3.63) is 6.33 Å². The van der Waals surface area contributed by atoms with Gasteiger partial charge in [0, 0.05) is 7.05 Å². The summed E-state index contributed by atoms with van der Waals surface area (Å²) in [6.07, 6.45) is 1.21. The van der Waals surface area contributed by atoms with Crippen molar-refractivity contribution in [2.45, 2.75) is 0 Å². The molecule has 1 aromatic heterocycles. The lowest BCUT2D eigenvalue weighted by Crippen LogP contribution is -2.23. The summed E-state index contributed by atoms with van der Waals surface area (Å²) in [5.41, 5.74) is 0. The second-order valence-corrected chi connectivity index (χ2v) is 1.97. The van der Waals surface area contributed by atoms with Crippen molar-refractivity contribution >= 4 is 17.8 Å². The first-order valence-electron chi connectivity index (χ1n) is 2.99. The number of aliphatic carboxylic acids is 1. The number of carbonyl (C=O) groups excluding carboxylic acids is 1. The Morgan fingerprint density at radius 1 is 1.67 bits per heavy atom. The zero-order valence-electron chi connectivity index (χ0n) is 6.18. The molecule has 0 spiro atoms. The lowest BCUT2D eigenvalue weighted by atomic mass is 10.6. The Morgan fingerprint density at radius 3 is 2.75 bits per heavy atom.